The van der Waals surface area contributed by atoms with E-state index in [0.29, 0.717) is 17.6 Å². The first kappa shape index (κ1) is 19.8. The Morgan fingerprint density at radius 2 is 1.96 bits per heavy atom. The van der Waals surface area contributed by atoms with Crippen LogP contribution in [0.2, 0.25) is 0 Å². The zero-order valence-electron chi connectivity index (χ0n) is 14.9. The molecule has 3 aromatic rings. The van der Waals surface area contributed by atoms with Gasteiger partial charge in [-0.05, 0) is 36.4 Å². The van der Waals surface area contributed by atoms with Gasteiger partial charge in [0.05, 0.1) is 12.2 Å². The molecule has 0 fully saturated rings. The number of carbonyl (C=O) groups is 2. The summed E-state index contributed by atoms with van der Waals surface area (Å²) in [7, 11) is 1.51. The fourth-order valence-corrected chi connectivity index (χ4v) is 2.86. The zero-order chi connectivity index (χ0) is 20.1. The molecule has 1 amide bonds. The fourth-order valence-electron chi connectivity index (χ4n) is 2.46. The summed E-state index contributed by atoms with van der Waals surface area (Å²) < 4.78 is 16.2. The van der Waals surface area contributed by atoms with E-state index < -0.39 is 17.5 Å². The van der Waals surface area contributed by atoms with Crippen LogP contribution in [0.15, 0.2) is 62.2 Å². The number of carbonyl (C=O) groups excluding carboxylic acids is 2. The number of amides is 1. The molecule has 0 atom stereocenters. The van der Waals surface area contributed by atoms with Crippen molar-refractivity contribution in [1.82, 2.24) is 5.32 Å². The van der Waals surface area contributed by atoms with E-state index in [9.17, 15) is 14.4 Å². The largest absolute Gasteiger partial charge is 0.423 e. The van der Waals surface area contributed by atoms with E-state index in [0.717, 1.165) is 4.47 Å². The Labute approximate surface area is 168 Å². The van der Waals surface area contributed by atoms with Crippen molar-refractivity contribution < 1.29 is 23.5 Å². The maximum absolute atomic E-state index is 12.2. The monoisotopic (exact) mass is 445 g/mol. The summed E-state index contributed by atoms with van der Waals surface area (Å²) in [4.78, 5) is 36.4. The molecule has 3 rings (SSSR count). The number of rotatable bonds is 6. The van der Waals surface area contributed by atoms with Gasteiger partial charge in [0.1, 0.15) is 16.9 Å². The normalized spacial score (nSPS) is 10.6. The maximum atomic E-state index is 12.2. The summed E-state index contributed by atoms with van der Waals surface area (Å²) in [6.07, 6.45) is 0. The van der Waals surface area contributed by atoms with Crippen LogP contribution in [0.4, 0.5) is 0 Å². The van der Waals surface area contributed by atoms with Crippen LogP contribution in [0.5, 0.6) is 5.75 Å². The molecule has 0 saturated heterocycles. The van der Waals surface area contributed by atoms with E-state index in [1.807, 2.05) is 0 Å². The first-order valence-corrected chi connectivity index (χ1v) is 9.10. The quantitative estimate of drug-likeness (QED) is 0.271. The SMILES string of the molecule is COCCNC(=O)c1cc2ccc(OC(=O)c3cccc(Br)c3)cc2oc1=O. The van der Waals surface area contributed by atoms with E-state index in [2.05, 4.69) is 21.2 Å². The van der Waals surface area contributed by atoms with Crippen LogP contribution in [0, 0.1) is 0 Å². The number of esters is 1. The van der Waals surface area contributed by atoms with Crippen molar-refractivity contribution in [3.63, 3.8) is 0 Å². The highest BCUT2D eigenvalue weighted by molar-refractivity contribution is 9.10. The molecule has 144 valence electrons. The first-order chi connectivity index (χ1) is 13.5. The van der Waals surface area contributed by atoms with Crippen molar-refractivity contribution in [2.45, 2.75) is 0 Å². The van der Waals surface area contributed by atoms with Gasteiger partial charge < -0.3 is 19.2 Å². The highest BCUT2D eigenvalue weighted by Crippen LogP contribution is 2.22. The van der Waals surface area contributed by atoms with E-state index in [1.165, 1.54) is 19.2 Å². The lowest BCUT2D eigenvalue weighted by Crippen LogP contribution is -2.30. The standard InChI is InChI=1S/C20H16BrNO6/c1-26-8-7-22-18(23)16-10-12-5-6-15(11-17(12)28-20(16)25)27-19(24)13-3-2-4-14(21)9-13/h2-6,9-11H,7-8H2,1H3,(H,22,23). The topological polar surface area (TPSA) is 94.8 Å². The third-order valence-electron chi connectivity index (χ3n) is 3.81. The molecular formula is C20H16BrNO6. The van der Waals surface area contributed by atoms with Crippen molar-refractivity contribution in [1.29, 1.82) is 0 Å². The summed E-state index contributed by atoms with van der Waals surface area (Å²) in [5.74, 6) is -0.868. The summed E-state index contributed by atoms with van der Waals surface area (Å²) in [5, 5.41) is 3.10. The third-order valence-corrected chi connectivity index (χ3v) is 4.31. The Kier molecular flexibility index (Phi) is 6.23. The summed E-state index contributed by atoms with van der Waals surface area (Å²) in [5.41, 5.74) is -0.308. The molecule has 0 aliphatic carbocycles. The molecule has 7 nitrogen and oxygen atoms in total. The van der Waals surface area contributed by atoms with Gasteiger partial charge in [-0.2, -0.15) is 0 Å². The minimum atomic E-state index is -0.780. The van der Waals surface area contributed by atoms with Gasteiger partial charge in [0.2, 0.25) is 0 Å². The first-order valence-electron chi connectivity index (χ1n) is 8.31. The van der Waals surface area contributed by atoms with Crippen LogP contribution in [0.1, 0.15) is 20.7 Å². The van der Waals surface area contributed by atoms with Crippen LogP contribution in [-0.2, 0) is 4.74 Å². The number of hydrogen-bond donors (Lipinski definition) is 1. The maximum Gasteiger partial charge on any atom is 0.349 e. The van der Waals surface area contributed by atoms with Crippen LogP contribution in [0.3, 0.4) is 0 Å². The van der Waals surface area contributed by atoms with E-state index in [-0.39, 0.29) is 23.4 Å². The number of nitrogens with one attached hydrogen (secondary N) is 1. The van der Waals surface area contributed by atoms with Gasteiger partial charge in [-0.3, -0.25) is 4.79 Å². The molecule has 0 radical (unpaired) electrons. The molecule has 0 aliphatic rings. The molecule has 1 heterocycles. The summed E-state index contributed by atoms with van der Waals surface area (Å²) in [6.45, 7) is 0.606. The summed E-state index contributed by atoms with van der Waals surface area (Å²) >= 11 is 3.30. The molecular weight excluding hydrogens is 430 g/mol. The Hall–Kier alpha value is -2.97. The molecule has 1 aromatic heterocycles. The summed E-state index contributed by atoms with van der Waals surface area (Å²) in [6, 6.07) is 12.8. The smallest absolute Gasteiger partial charge is 0.349 e. The van der Waals surface area contributed by atoms with E-state index in [1.54, 1.807) is 36.4 Å². The molecule has 0 spiro atoms. The fraction of sp³-hybridized carbons (Fsp3) is 0.150. The number of benzene rings is 2. The second-order valence-electron chi connectivity index (χ2n) is 5.80. The minimum absolute atomic E-state index is 0.109. The van der Waals surface area contributed by atoms with Crippen molar-refractivity contribution >= 4 is 38.8 Å². The highest BCUT2D eigenvalue weighted by Gasteiger charge is 2.15. The number of methoxy groups -OCH3 is 1. The predicted molar refractivity (Wildman–Crippen MR) is 106 cm³/mol. The van der Waals surface area contributed by atoms with Gasteiger partial charge >= 0.3 is 11.6 Å². The van der Waals surface area contributed by atoms with E-state index >= 15 is 0 Å². The molecule has 8 heteroatoms. The van der Waals surface area contributed by atoms with Gasteiger partial charge in [0.15, 0.2) is 0 Å². The zero-order valence-corrected chi connectivity index (χ0v) is 16.4. The predicted octanol–water partition coefficient (Wildman–Crippen LogP) is 3.15. The third kappa shape index (κ3) is 4.65. The Balaban J connectivity index is 1.82. The van der Waals surface area contributed by atoms with Gasteiger partial charge in [0, 0.05) is 29.6 Å². The average molecular weight is 446 g/mol. The van der Waals surface area contributed by atoms with Gasteiger partial charge in [-0.1, -0.05) is 22.0 Å². The van der Waals surface area contributed by atoms with Gasteiger partial charge in [0.25, 0.3) is 5.91 Å². The van der Waals surface area contributed by atoms with Crippen LogP contribution in [0.25, 0.3) is 11.0 Å². The second kappa shape index (κ2) is 8.81. The van der Waals surface area contributed by atoms with Crippen molar-refractivity contribution in [2.75, 3.05) is 20.3 Å². The Morgan fingerprint density at radius 3 is 2.71 bits per heavy atom. The number of hydrogen-bond acceptors (Lipinski definition) is 6. The van der Waals surface area contributed by atoms with Crippen molar-refractivity contribution in [3.05, 3.63) is 74.6 Å². The number of ether oxygens (including phenoxy) is 2. The highest BCUT2D eigenvalue weighted by atomic mass is 79.9. The van der Waals surface area contributed by atoms with E-state index in [4.69, 9.17) is 13.9 Å². The van der Waals surface area contributed by atoms with Gasteiger partial charge in [-0.25, -0.2) is 9.59 Å². The minimum Gasteiger partial charge on any atom is -0.423 e. The lowest BCUT2D eigenvalue weighted by molar-refractivity contribution is 0.0734. The lowest BCUT2D eigenvalue weighted by Gasteiger charge is -2.07. The molecule has 28 heavy (non-hydrogen) atoms. The van der Waals surface area contributed by atoms with Crippen LogP contribution >= 0.6 is 15.9 Å². The molecule has 1 N–H and O–H groups in total. The van der Waals surface area contributed by atoms with Gasteiger partial charge in [-0.15, -0.1) is 0 Å². The number of halogens is 1. The molecule has 0 bridgehead atoms. The van der Waals surface area contributed by atoms with Crippen molar-refractivity contribution in [3.8, 4) is 5.75 Å². The van der Waals surface area contributed by atoms with Crippen LogP contribution < -0.4 is 15.7 Å². The average Bonchev–Trinajstić information content (AvgIpc) is 2.67. The van der Waals surface area contributed by atoms with Crippen molar-refractivity contribution in [2.24, 2.45) is 0 Å². The molecule has 2 aromatic carbocycles. The molecule has 0 unspecified atom stereocenters. The second-order valence-corrected chi connectivity index (χ2v) is 6.71. The Morgan fingerprint density at radius 1 is 1.14 bits per heavy atom. The molecule has 0 saturated carbocycles. The van der Waals surface area contributed by atoms with Crippen LogP contribution in [-0.4, -0.2) is 32.1 Å². The lowest BCUT2D eigenvalue weighted by atomic mass is 10.1. The Bertz CT molecular complexity index is 1090. The number of fused-ring (bicyclic) bond motifs is 1. The molecule has 0 aliphatic heterocycles.